The van der Waals surface area contributed by atoms with Crippen molar-refractivity contribution in [2.75, 3.05) is 12.3 Å². The van der Waals surface area contributed by atoms with Crippen molar-refractivity contribution >= 4 is 13.5 Å². The predicted octanol–water partition coefficient (Wildman–Crippen LogP) is 1.18. The molecule has 4 heteroatoms. The Kier molecular flexibility index (Phi) is 3.30. The Morgan fingerprint density at radius 1 is 1.46 bits per heavy atom. The molecule has 0 bridgehead atoms. The minimum Gasteiger partial charge on any atom is -0.477 e. The second-order valence-corrected chi connectivity index (χ2v) is 6.66. The number of carboxylic acid groups (broad SMARTS) is 1. The summed E-state index contributed by atoms with van der Waals surface area (Å²) in [5, 5.41) is 8.90. The maximum atomic E-state index is 10.8. The maximum Gasteiger partial charge on any atom is 0.360 e. The number of aliphatic carboxylic acids is 1. The van der Waals surface area contributed by atoms with Crippen LogP contribution in [-0.2, 0) is 4.79 Å². The summed E-state index contributed by atoms with van der Waals surface area (Å²) in [6.45, 7) is 1.61. The van der Waals surface area contributed by atoms with Crippen molar-refractivity contribution in [1.82, 2.24) is 0 Å². The smallest absolute Gasteiger partial charge is 0.360 e. The van der Waals surface area contributed by atoms with Gasteiger partial charge < -0.3 is 5.11 Å². The molecule has 1 unspecified atom stereocenters. The van der Waals surface area contributed by atoms with Crippen molar-refractivity contribution in [3.8, 4) is 11.8 Å². The van der Waals surface area contributed by atoms with Crippen LogP contribution in [-0.4, -0.2) is 34.0 Å². The third-order valence-electron chi connectivity index (χ3n) is 2.34. The number of carbonyl (C=O) groups is 1. The van der Waals surface area contributed by atoms with Crippen LogP contribution in [0.25, 0.3) is 0 Å². The fraction of sp³-hybridized carbons (Fsp3) is 0.667. The van der Waals surface area contributed by atoms with Gasteiger partial charge in [0.2, 0.25) is 0 Å². The highest BCUT2D eigenvalue weighted by atomic mass is 31.2. The van der Waals surface area contributed by atoms with E-state index in [0.29, 0.717) is 12.3 Å². The Bertz CT molecular complexity index is 258. The van der Waals surface area contributed by atoms with Gasteiger partial charge in [-0.05, 0) is 25.7 Å². The molecule has 1 fully saturated rings. The van der Waals surface area contributed by atoms with Crippen molar-refractivity contribution in [3.05, 3.63) is 0 Å². The molecule has 0 spiro atoms. The van der Waals surface area contributed by atoms with Gasteiger partial charge in [-0.15, -0.1) is 5.92 Å². The Morgan fingerprint density at radius 2 is 2.00 bits per heavy atom. The van der Waals surface area contributed by atoms with Gasteiger partial charge in [-0.25, -0.2) is 9.69 Å². The topological polar surface area (TPSA) is 57.5 Å². The van der Waals surface area contributed by atoms with Gasteiger partial charge in [0.05, 0.1) is 12.3 Å². The predicted molar refractivity (Wildman–Crippen MR) is 53.0 cm³/mol. The van der Waals surface area contributed by atoms with Crippen molar-refractivity contribution in [2.45, 2.75) is 25.4 Å². The number of hydrogen-bond donors (Lipinski definition) is 2. The van der Waals surface area contributed by atoms with Gasteiger partial charge in [-0.3, -0.25) is 0 Å². The normalized spacial score (nSPS) is 21.7. The van der Waals surface area contributed by atoms with E-state index in [9.17, 15) is 9.69 Å². The fourth-order valence-corrected chi connectivity index (χ4v) is 4.73. The highest BCUT2D eigenvalue weighted by Gasteiger charge is 2.50. The molecule has 0 amide bonds. The van der Waals surface area contributed by atoms with Gasteiger partial charge >= 0.3 is 5.97 Å². The van der Waals surface area contributed by atoms with Crippen molar-refractivity contribution in [1.29, 1.82) is 0 Å². The average molecular weight is 201 g/mol. The SMILES string of the molecule is CC#CC(C(=O)O)[P+]1(O)CCCC1. The molecule has 1 aliphatic heterocycles. The lowest BCUT2D eigenvalue weighted by Gasteiger charge is -2.16. The van der Waals surface area contributed by atoms with Gasteiger partial charge in [-0.1, -0.05) is 0 Å². The summed E-state index contributed by atoms with van der Waals surface area (Å²) >= 11 is 0. The van der Waals surface area contributed by atoms with E-state index in [1.807, 2.05) is 0 Å². The summed E-state index contributed by atoms with van der Waals surface area (Å²) < 4.78 is 0. The molecule has 0 saturated carbocycles. The summed E-state index contributed by atoms with van der Waals surface area (Å²) in [6.07, 6.45) is 3.22. The first-order valence-corrected chi connectivity index (χ1v) is 6.53. The minimum absolute atomic E-state index is 0.665. The van der Waals surface area contributed by atoms with E-state index in [1.54, 1.807) is 6.92 Å². The highest BCUT2D eigenvalue weighted by molar-refractivity contribution is 7.72. The number of hydrogen-bond acceptors (Lipinski definition) is 2. The molecule has 0 radical (unpaired) electrons. The molecule has 2 N–H and O–H groups in total. The molecule has 3 nitrogen and oxygen atoms in total. The van der Waals surface area contributed by atoms with Gasteiger partial charge in [0, 0.05) is 0 Å². The largest absolute Gasteiger partial charge is 0.477 e. The number of carboxylic acids is 1. The average Bonchev–Trinajstić information content (AvgIpc) is 2.48. The highest BCUT2D eigenvalue weighted by Crippen LogP contribution is 2.63. The van der Waals surface area contributed by atoms with Crippen LogP contribution in [0.5, 0.6) is 0 Å². The Morgan fingerprint density at radius 3 is 2.38 bits per heavy atom. The second kappa shape index (κ2) is 4.09. The van der Waals surface area contributed by atoms with E-state index in [1.165, 1.54) is 0 Å². The zero-order valence-corrected chi connectivity index (χ0v) is 8.55. The second-order valence-electron chi connectivity index (χ2n) is 3.28. The van der Waals surface area contributed by atoms with Gasteiger partial charge in [0.1, 0.15) is 0 Å². The third kappa shape index (κ3) is 2.21. The Hall–Kier alpha value is -0.580. The van der Waals surface area contributed by atoms with Crippen LogP contribution in [0, 0.1) is 11.8 Å². The fourth-order valence-electron chi connectivity index (χ4n) is 1.67. The standard InChI is InChI=1S/C9H13O3P/c1-2-5-8(9(10)11)13(12)6-3-4-7-13/h8,12H,3-4,6-7H2,1H3/p+1. The van der Waals surface area contributed by atoms with E-state index in [-0.39, 0.29) is 0 Å². The summed E-state index contributed by atoms with van der Waals surface area (Å²) in [4.78, 5) is 20.9. The van der Waals surface area contributed by atoms with Crippen molar-refractivity contribution in [2.24, 2.45) is 0 Å². The van der Waals surface area contributed by atoms with E-state index >= 15 is 0 Å². The third-order valence-corrected chi connectivity index (χ3v) is 5.83. The van der Waals surface area contributed by atoms with Gasteiger partial charge in [0.15, 0.2) is 7.49 Å². The lowest BCUT2D eigenvalue weighted by Crippen LogP contribution is -2.23. The van der Waals surface area contributed by atoms with E-state index in [4.69, 9.17) is 5.11 Å². The first-order chi connectivity index (χ1) is 6.10. The molecule has 0 aliphatic carbocycles. The van der Waals surface area contributed by atoms with E-state index < -0.39 is 19.1 Å². The summed E-state index contributed by atoms with van der Waals surface area (Å²) in [6, 6.07) is 0. The molecule has 0 aromatic carbocycles. The van der Waals surface area contributed by atoms with E-state index in [2.05, 4.69) is 11.8 Å². The van der Waals surface area contributed by atoms with Crippen LogP contribution in [0.3, 0.4) is 0 Å². The minimum atomic E-state index is -2.28. The zero-order chi connectivity index (χ0) is 9.90. The van der Waals surface area contributed by atoms with Crippen LogP contribution >= 0.6 is 7.49 Å². The van der Waals surface area contributed by atoms with Crippen LogP contribution < -0.4 is 0 Å². The first kappa shape index (κ1) is 10.5. The summed E-state index contributed by atoms with van der Waals surface area (Å²) in [5.74, 6) is 4.24. The first-order valence-electron chi connectivity index (χ1n) is 4.35. The van der Waals surface area contributed by atoms with Crippen molar-refractivity contribution < 1.29 is 14.8 Å². The Labute approximate surface area is 78.6 Å². The quantitative estimate of drug-likeness (QED) is 0.521. The summed E-state index contributed by atoms with van der Waals surface area (Å²) in [5.41, 5.74) is -0.806. The van der Waals surface area contributed by atoms with Crippen LogP contribution in [0.1, 0.15) is 19.8 Å². The molecular formula is C9H14O3P+. The molecular weight excluding hydrogens is 187 g/mol. The molecule has 1 heterocycles. The van der Waals surface area contributed by atoms with Crippen LogP contribution in [0.15, 0.2) is 0 Å². The molecule has 1 aliphatic rings. The molecule has 0 aromatic rings. The molecule has 1 rings (SSSR count). The lowest BCUT2D eigenvalue weighted by atomic mass is 10.4. The molecule has 72 valence electrons. The maximum absolute atomic E-state index is 10.8. The van der Waals surface area contributed by atoms with Crippen molar-refractivity contribution in [3.63, 3.8) is 0 Å². The Balaban J connectivity index is 2.83. The van der Waals surface area contributed by atoms with Gasteiger partial charge in [0.25, 0.3) is 5.66 Å². The van der Waals surface area contributed by atoms with Crippen LogP contribution in [0.2, 0.25) is 0 Å². The van der Waals surface area contributed by atoms with Gasteiger partial charge in [-0.2, -0.15) is 0 Å². The summed E-state index contributed by atoms with van der Waals surface area (Å²) in [7, 11) is -2.28. The molecule has 1 atom stereocenters. The molecule has 1 saturated heterocycles. The molecule has 0 aromatic heterocycles. The molecule has 13 heavy (non-hydrogen) atoms. The number of rotatable bonds is 2. The lowest BCUT2D eigenvalue weighted by molar-refractivity contribution is -0.135. The monoisotopic (exact) mass is 201 g/mol. The van der Waals surface area contributed by atoms with E-state index in [0.717, 1.165) is 12.8 Å². The van der Waals surface area contributed by atoms with Crippen LogP contribution in [0.4, 0.5) is 0 Å². The zero-order valence-electron chi connectivity index (χ0n) is 7.66.